The summed E-state index contributed by atoms with van der Waals surface area (Å²) in [6.45, 7) is 6.64. The van der Waals surface area contributed by atoms with Crippen LogP contribution in [0, 0.1) is 6.92 Å². The van der Waals surface area contributed by atoms with Crippen molar-refractivity contribution in [2.75, 3.05) is 0 Å². The van der Waals surface area contributed by atoms with Crippen LogP contribution in [0.4, 0.5) is 0 Å². The third-order valence-electron chi connectivity index (χ3n) is 3.09. The first-order chi connectivity index (χ1) is 9.56. The molecule has 2 aromatic heterocycles. The van der Waals surface area contributed by atoms with Crippen LogP contribution < -0.4 is 0 Å². The molecule has 0 aliphatic heterocycles. The second kappa shape index (κ2) is 6.26. The zero-order valence-corrected chi connectivity index (χ0v) is 13.4. The number of Topliss-reactive ketones (excluding diaryl/α,β-unsaturated/α-hetero) is 1. The maximum absolute atomic E-state index is 12.3. The van der Waals surface area contributed by atoms with E-state index in [0.29, 0.717) is 5.69 Å². The van der Waals surface area contributed by atoms with Crippen LogP contribution in [0.15, 0.2) is 16.9 Å². The van der Waals surface area contributed by atoms with E-state index in [9.17, 15) is 4.79 Å². The van der Waals surface area contributed by atoms with E-state index in [4.69, 9.17) is 0 Å². The third-order valence-corrected chi connectivity index (χ3v) is 4.00. The molecule has 0 unspecified atom stereocenters. The van der Waals surface area contributed by atoms with Gasteiger partial charge in [-0.1, -0.05) is 6.92 Å². The zero-order valence-electron chi connectivity index (χ0n) is 11.9. The molecule has 0 aliphatic rings. The number of ketones is 1. The molecular formula is C14H17BrN4O. The Bertz CT molecular complexity index is 619. The monoisotopic (exact) mass is 336 g/mol. The number of aryl methyl sites for hydroxylation is 3. The Balaban J connectivity index is 2.27. The molecule has 2 heterocycles. The summed E-state index contributed by atoms with van der Waals surface area (Å²) in [5, 5.41) is 4.49. The first-order valence-electron chi connectivity index (χ1n) is 6.62. The summed E-state index contributed by atoms with van der Waals surface area (Å²) in [6.07, 6.45) is 4.24. The van der Waals surface area contributed by atoms with Crippen LogP contribution in [0.2, 0.25) is 0 Å². The first kappa shape index (κ1) is 14.8. The number of nitrogens with zero attached hydrogens (tertiary/aromatic N) is 4. The van der Waals surface area contributed by atoms with Gasteiger partial charge >= 0.3 is 0 Å². The number of hydrogen-bond acceptors (Lipinski definition) is 4. The van der Waals surface area contributed by atoms with Crippen molar-refractivity contribution in [2.45, 2.75) is 40.2 Å². The fourth-order valence-corrected chi connectivity index (χ4v) is 2.67. The lowest BCUT2D eigenvalue weighted by Crippen LogP contribution is -2.12. The van der Waals surface area contributed by atoms with Gasteiger partial charge in [-0.05, 0) is 36.2 Å². The fourth-order valence-electron chi connectivity index (χ4n) is 1.97. The largest absolute Gasteiger partial charge is 0.292 e. The van der Waals surface area contributed by atoms with Crippen molar-refractivity contribution in [3.63, 3.8) is 0 Å². The Labute approximate surface area is 126 Å². The average Bonchev–Trinajstić information content (AvgIpc) is 2.76. The highest BCUT2D eigenvalue weighted by molar-refractivity contribution is 9.10. The highest BCUT2D eigenvalue weighted by atomic mass is 79.9. The van der Waals surface area contributed by atoms with Crippen molar-refractivity contribution in [1.82, 2.24) is 19.7 Å². The Morgan fingerprint density at radius 3 is 2.60 bits per heavy atom. The van der Waals surface area contributed by atoms with Crippen LogP contribution in [-0.4, -0.2) is 25.5 Å². The van der Waals surface area contributed by atoms with E-state index >= 15 is 0 Å². The molecule has 0 aliphatic carbocycles. The number of rotatable bonds is 5. The molecule has 2 rings (SSSR count). The zero-order chi connectivity index (χ0) is 14.7. The maximum Gasteiger partial charge on any atom is 0.188 e. The van der Waals surface area contributed by atoms with Gasteiger partial charge in [-0.2, -0.15) is 5.10 Å². The van der Waals surface area contributed by atoms with Gasteiger partial charge in [0.25, 0.3) is 0 Å². The molecule has 0 atom stereocenters. The van der Waals surface area contributed by atoms with E-state index in [1.807, 2.05) is 25.5 Å². The van der Waals surface area contributed by atoms with Crippen LogP contribution in [0.1, 0.15) is 41.4 Å². The molecular weight excluding hydrogens is 320 g/mol. The summed E-state index contributed by atoms with van der Waals surface area (Å²) in [7, 11) is 0. The summed E-state index contributed by atoms with van der Waals surface area (Å²) < 4.78 is 2.79. The molecule has 0 amide bonds. The lowest BCUT2D eigenvalue weighted by molar-refractivity contribution is 0.0985. The maximum atomic E-state index is 12.3. The number of carbonyl (C=O) groups excluding carboxylic acids is 1. The van der Waals surface area contributed by atoms with Gasteiger partial charge in [0, 0.05) is 12.7 Å². The second-order valence-electron chi connectivity index (χ2n) is 4.52. The van der Waals surface area contributed by atoms with E-state index in [1.165, 1.54) is 6.20 Å². The van der Waals surface area contributed by atoms with Gasteiger partial charge < -0.3 is 0 Å². The van der Waals surface area contributed by atoms with Crippen LogP contribution in [0.3, 0.4) is 0 Å². The summed E-state index contributed by atoms with van der Waals surface area (Å²) in [6, 6.07) is 0. The van der Waals surface area contributed by atoms with E-state index in [-0.39, 0.29) is 12.2 Å². The lowest BCUT2D eigenvalue weighted by Gasteiger charge is -2.04. The minimum atomic E-state index is -0.0459. The minimum Gasteiger partial charge on any atom is -0.292 e. The van der Waals surface area contributed by atoms with Crippen molar-refractivity contribution in [1.29, 1.82) is 0 Å². The second-order valence-corrected chi connectivity index (χ2v) is 5.31. The van der Waals surface area contributed by atoms with Gasteiger partial charge in [-0.15, -0.1) is 0 Å². The molecule has 20 heavy (non-hydrogen) atoms. The number of carbonyl (C=O) groups is 1. The van der Waals surface area contributed by atoms with Crippen molar-refractivity contribution in [2.24, 2.45) is 0 Å². The van der Waals surface area contributed by atoms with E-state index < -0.39 is 0 Å². The molecule has 0 radical (unpaired) electrons. The molecule has 106 valence electrons. The Hall–Kier alpha value is -1.56. The van der Waals surface area contributed by atoms with Gasteiger partial charge in [0.05, 0.1) is 34.2 Å². The molecule has 0 aromatic carbocycles. The quantitative estimate of drug-likeness (QED) is 0.787. The Morgan fingerprint density at radius 2 is 2.05 bits per heavy atom. The summed E-state index contributed by atoms with van der Waals surface area (Å²) in [4.78, 5) is 20.5. The topological polar surface area (TPSA) is 60.7 Å². The fraction of sp³-hybridized carbons (Fsp3) is 0.429. The van der Waals surface area contributed by atoms with Crippen LogP contribution in [-0.2, 0) is 19.4 Å². The van der Waals surface area contributed by atoms with Gasteiger partial charge in [0.1, 0.15) is 5.69 Å². The predicted molar refractivity (Wildman–Crippen MR) is 79.8 cm³/mol. The SMILES string of the molecule is CCc1nn(CC)c(CC(=O)c2cnc(C)cn2)c1Br. The molecule has 2 aromatic rings. The van der Waals surface area contributed by atoms with Crippen molar-refractivity contribution in [3.05, 3.63) is 39.6 Å². The lowest BCUT2D eigenvalue weighted by atomic mass is 10.1. The van der Waals surface area contributed by atoms with E-state index in [0.717, 1.165) is 34.5 Å². The van der Waals surface area contributed by atoms with Crippen molar-refractivity contribution in [3.8, 4) is 0 Å². The molecule has 5 nitrogen and oxygen atoms in total. The van der Waals surface area contributed by atoms with E-state index in [1.54, 1.807) is 6.20 Å². The van der Waals surface area contributed by atoms with Crippen molar-refractivity contribution < 1.29 is 4.79 Å². The van der Waals surface area contributed by atoms with Crippen LogP contribution in [0.25, 0.3) is 0 Å². The average molecular weight is 337 g/mol. The molecule has 0 spiro atoms. The third kappa shape index (κ3) is 2.95. The highest BCUT2D eigenvalue weighted by Crippen LogP contribution is 2.23. The van der Waals surface area contributed by atoms with Gasteiger partial charge in [-0.25, -0.2) is 4.98 Å². The van der Waals surface area contributed by atoms with Gasteiger partial charge in [0.2, 0.25) is 0 Å². The molecule has 0 fully saturated rings. The standard InChI is InChI=1S/C14H17BrN4O/c1-4-10-14(15)12(19(5-2)18-10)6-13(20)11-8-16-9(3)7-17-11/h7-8H,4-6H2,1-3H3. The smallest absolute Gasteiger partial charge is 0.188 e. The molecule has 0 saturated heterocycles. The molecule has 0 N–H and O–H groups in total. The van der Waals surface area contributed by atoms with Crippen LogP contribution >= 0.6 is 15.9 Å². The van der Waals surface area contributed by atoms with Gasteiger partial charge in [-0.3, -0.25) is 14.5 Å². The highest BCUT2D eigenvalue weighted by Gasteiger charge is 2.18. The van der Waals surface area contributed by atoms with Crippen molar-refractivity contribution >= 4 is 21.7 Å². The Kier molecular flexibility index (Phi) is 4.65. The predicted octanol–water partition coefficient (Wildman–Crippen LogP) is 2.75. The minimum absolute atomic E-state index is 0.0459. The molecule has 0 bridgehead atoms. The summed E-state index contributed by atoms with van der Waals surface area (Å²) in [5.41, 5.74) is 3.07. The number of hydrogen-bond donors (Lipinski definition) is 0. The molecule has 6 heteroatoms. The summed E-state index contributed by atoms with van der Waals surface area (Å²) >= 11 is 3.54. The van der Waals surface area contributed by atoms with E-state index in [2.05, 4.69) is 31.0 Å². The normalized spacial score (nSPS) is 10.8. The van der Waals surface area contributed by atoms with Gasteiger partial charge in [0.15, 0.2) is 5.78 Å². The van der Waals surface area contributed by atoms with Crippen LogP contribution in [0.5, 0.6) is 0 Å². The summed E-state index contributed by atoms with van der Waals surface area (Å²) in [5.74, 6) is -0.0459. The first-order valence-corrected chi connectivity index (χ1v) is 7.42. The Morgan fingerprint density at radius 1 is 1.30 bits per heavy atom. The molecule has 0 saturated carbocycles. The number of aromatic nitrogens is 4. The number of halogens is 1.